The van der Waals surface area contributed by atoms with Crippen LogP contribution in [0, 0.1) is 0 Å². The van der Waals surface area contributed by atoms with Crippen LogP contribution >= 0.6 is 0 Å². The zero-order chi connectivity index (χ0) is 11.3. The van der Waals surface area contributed by atoms with Crippen LogP contribution in [0.15, 0.2) is 35.5 Å². The van der Waals surface area contributed by atoms with E-state index in [0.29, 0.717) is 6.42 Å². The maximum Gasteiger partial charge on any atom is 0.338 e. The molecule has 1 aliphatic rings. The van der Waals surface area contributed by atoms with Gasteiger partial charge in [-0.25, -0.2) is 9.59 Å². The van der Waals surface area contributed by atoms with Crippen LogP contribution in [0.3, 0.4) is 0 Å². The first-order valence-electron chi connectivity index (χ1n) is 4.44. The number of carbonyl (C=O) groups is 2. The summed E-state index contributed by atoms with van der Waals surface area (Å²) in [5, 5.41) is 0. The summed E-state index contributed by atoms with van der Waals surface area (Å²) in [5.74, 6) is -1.09. The van der Waals surface area contributed by atoms with Crippen LogP contribution in [-0.2, 0) is 19.1 Å². The van der Waals surface area contributed by atoms with Gasteiger partial charge in [-0.2, -0.15) is 0 Å². The second kappa shape index (κ2) is 5.14. The molecule has 0 atom stereocenters. The van der Waals surface area contributed by atoms with E-state index in [2.05, 4.69) is 9.47 Å². The minimum Gasteiger partial charge on any atom is -0.465 e. The molecule has 0 bridgehead atoms. The third kappa shape index (κ3) is 2.56. The highest BCUT2D eigenvalue weighted by molar-refractivity contribution is 6.04. The fourth-order valence-corrected chi connectivity index (χ4v) is 1.21. The zero-order valence-corrected chi connectivity index (χ0v) is 8.65. The Labute approximate surface area is 87.9 Å². The van der Waals surface area contributed by atoms with Gasteiger partial charge in [-0.15, -0.1) is 0 Å². The van der Waals surface area contributed by atoms with E-state index in [9.17, 15) is 9.59 Å². The van der Waals surface area contributed by atoms with Crippen molar-refractivity contribution in [2.75, 3.05) is 14.2 Å². The van der Waals surface area contributed by atoms with E-state index in [4.69, 9.17) is 0 Å². The van der Waals surface area contributed by atoms with Crippen molar-refractivity contribution in [1.82, 2.24) is 0 Å². The molecule has 0 aromatic rings. The van der Waals surface area contributed by atoms with Crippen LogP contribution in [0.1, 0.15) is 6.42 Å². The largest absolute Gasteiger partial charge is 0.465 e. The molecule has 0 amide bonds. The number of rotatable bonds is 2. The predicted octanol–water partition coefficient (Wildman–Crippen LogP) is 1.15. The molecule has 1 aliphatic carbocycles. The number of hydrogen-bond donors (Lipinski definition) is 0. The van der Waals surface area contributed by atoms with Gasteiger partial charge in [-0.05, 0) is 6.42 Å². The van der Waals surface area contributed by atoms with Crippen LogP contribution < -0.4 is 0 Å². The van der Waals surface area contributed by atoms with Gasteiger partial charge < -0.3 is 9.47 Å². The summed E-state index contributed by atoms with van der Waals surface area (Å²) in [6.45, 7) is 0. The Balaban J connectivity index is 3.18. The third-order valence-electron chi connectivity index (χ3n) is 1.94. The molecule has 0 radical (unpaired) electrons. The van der Waals surface area contributed by atoms with Crippen molar-refractivity contribution in [2.24, 2.45) is 0 Å². The van der Waals surface area contributed by atoms with Crippen molar-refractivity contribution in [3.63, 3.8) is 0 Å². The summed E-state index contributed by atoms with van der Waals surface area (Å²) in [6.07, 6.45) is 7.36. The van der Waals surface area contributed by atoms with Gasteiger partial charge in [0.25, 0.3) is 0 Å². The fourth-order valence-electron chi connectivity index (χ4n) is 1.21. The Morgan fingerprint density at radius 3 is 1.73 bits per heavy atom. The van der Waals surface area contributed by atoms with E-state index in [1.807, 2.05) is 0 Å². The Morgan fingerprint density at radius 1 is 1.00 bits per heavy atom. The SMILES string of the molecule is COC(=O)C1=C(C(=O)OC)C=CCC=C1. The summed E-state index contributed by atoms with van der Waals surface area (Å²) in [4.78, 5) is 22.8. The fraction of sp³-hybridized carbons (Fsp3) is 0.273. The van der Waals surface area contributed by atoms with Gasteiger partial charge in [0.15, 0.2) is 0 Å². The molecule has 0 fully saturated rings. The molecule has 0 N–H and O–H groups in total. The standard InChI is InChI=1S/C11H12O4/c1-14-10(12)8-6-4-3-5-7-9(8)11(13)15-2/h4-7H,3H2,1-2H3. The van der Waals surface area contributed by atoms with Crippen molar-refractivity contribution in [1.29, 1.82) is 0 Å². The normalized spacial score (nSPS) is 14.8. The van der Waals surface area contributed by atoms with Crippen molar-refractivity contribution in [3.05, 3.63) is 35.5 Å². The van der Waals surface area contributed by atoms with Crippen LogP contribution in [0.25, 0.3) is 0 Å². The van der Waals surface area contributed by atoms with Gasteiger partial charge in [-0.1, -0.05) is 24.3 Å². The molecule has 0 aromatic carbocycles. The summed E-state index contributed by atoms with van der Waals surface area (Å²) in [7, 11) is 2.54. The molecule has 0 aromatic heterocycles. The van der Waals surface area contributed by atoms with E-state index in [0.717, 1.165) is 0 Å². The first-order valence-corrected chi connectivity index (χ1v) is 4.44. The average molecular weight is 208 g/mol. The predicted molar refractivity (Wildman–Crippen MR) is 54.0 cm³/mol. The monoisotopic (exact) mass is 208 g/mol. The van der Waals surface area contributed by atoms with Gasteiger partial charge in [0.1, 0.15) is 0 Å². The average Bonchev–Trinajstić information content (AvgIpc) is 2.52. The molecule has 0 unspecified atom stereocenters. The Hall–Kier alpha value is -1.84. The molecule has 80 valence electrons. The van der Waals surface area contributed by atoms with Gasteiger partial charge in [0, 0.05) is 0 Å². The first kappa shape index (κ1) is 11.2. The third-order valence-corrected chi connectivity index (χ3v) is 1.94. The summed E-state index contributed by atoms with van der Waals surface area (Å²) < 4.78 is 9.16. The molecule has 1 rings (SSSR count). The van der Waals surface area contributed by atoms with Crippen molar-refractivity contribution < 1.29 is 19.1 Å². The molecular formula is C11H12O4. The molecule has 15 heavy (non-hydrogen) atoms. The van der Waals surface area contributed by atoms with Gasteiger partial charge >= 0.3 is 11.9 Å². The van der Waals surface area contributed by atoms with Crippen LogP contribution in [0.2, 0.25) is 0 Å². The quantitative estimate of drug-likeness (QED) is 0.639. The molecule has 0 saturated heterocycles. The van der Waals surface area contributed by atoms with Crippen molar-refractivity contribution >= 4 is 11.9 Å². The lowest BCUT2D eigenvalue weighted by atomic mass is 10.1. The van der Waals surface area contributed by atoms with Crippen molar-refractivity contribution in [2.45, 2.75) is 6.42 Å². The number of esters is 2. The number of allylic oxidation sites excluding steroid dienone is 2. The maximum atomic E-state index is 11.4. The molecule has 0 spiro atoms. The minimum atomic E-state index is -0.543. The van der Waals surface area contributed by atoms with Crippen LogP contribution in [-0.4, -0.2) is 26.2 Å². The second-order valence-corrected chi connectivity index (χ2v) is 2.85. The number of carbonyl (C=O) groups excluding carboxylic acids is 2. The lowest BCUT2D eigenvalue weighted by molar-refractivity contribution is -0.138. The van der Waals surface area contributed by atoms with Crippen LogP contribution in [0.4, 0.5) is 0 Å². The summed E-state index contributed by atoms with van der Waals surface area (Å²) in [6, 6.07) is 0. The molecule has 0 aliphatic heterocycles. The second-order valence-electron chi connectivity index (χ2n) is 2.85. The smallest absolute Gasteiger partial charge is 0.338 e. The van der Waals surface area contributed by atoms with E-state index in [1.54, 1.807) is 24.3 Å². The van der Waals surface area contributed by atoms with E-state index < -0.39 is 11.9 Å². The number of ether oxygens (including phenoxy) is 2. The first-order chi connectivity index (χ1) is 7.20. The molecule has 4 nitrogen and oxygen atoms in total. The molecule has 4 heteroatoms. The van der Waals surface area contributed by atoms with Gasteiger partial charge in [-0.3, -0.25) is 0 Å². The summed E-state index contributed by atoms with van der Waals surface area (Å²) >= 11 is 0. The Kier molecular flexibility index (Phi) is 3.85. The van der Waals surface area contributed by atoms with Gasteiger partial charge in [0.2, 0.25) is 0 Å². The number of hydrogen-bond acceptors (Lipinski definition) is 4. The topological polar surface area (TPSA) is 52.6 Å². The van der Waals surface area contributed by atoms with E-state index in [1.165, 1.54) is 14.2 Å². The number of methoxy groups -OCH3 is 2. The van der Waals surface area contributed by atoms with Crippen LogP contribution in [0.5, 0.6) is 0 Å². The Morgan fingerprint density at radius 2 is 1.40 bits per heavy atom. The molecular weight excluding hydrogens is 196 g/mol. The highest BCUT2D eigenvalue weighted by atomic mass is 16.5. The highest BCUT2D eigenvalue weighted by Gasteiger charge is 2.18. The lowest BCUT2D eigenvalue weighted by Gasteiger charge is -2.04. The summed E-state index contributed by atoms with van der Waals surface area (Å²) in [5.41, 5.74) is 0.441. The van der Waals surface area contributed by atoms with Crippen molar-refractivity contribution in [3.8, 4) is 0 Å². The zero-order valence-electron chi connectivity index (χ0n) is 8.65. The van der Waals surface area contributed by atoms with E-state index >= 15 is 0 Å². The highest BCUT2D eigenvalue weighted by Crippen LogP contribution is 2.15. The van der Waals surface area contributed by atoms with E-state index in [-0.39, 0.29) is 11.1 Å². The molecule has 0 saturated carbocycles. The Bertz CT molecular complexity index is 327. The lowest BCUT2D eigenvalue weighted by Crippen LogP contribution is -2.12. The van der Waals surface area contributed by atoms with Gasteiger partial charge in [0.05, 0.1) is 25.4 Å². The molecule has 0 heterocycles. The minimum absolute atomic E-state index is 0.220. The maximum absolute atomic E-state index is 11.4.